The molecule has 0 aliphatic heterocycles. The standard InChI is InChI=1S/C46H68O3/c1-3-4-5-6-7-8-9-10-11-12-13-14-15-16-17-21-28-39(2)49-45(47)34-27-20-26-33-42-37-43(35-40-29-22-18-23-30-40)46(48)44(38-42)36-41-31-24-19-25-32-41/h18-19,22-25,29-32,37-39,48H,3-17,20-21,26-28,33-36H2,1-2H3. The Labute approximate surface area is 300 Å². The molecule has 0 saturated heterocycles. The van der Waals surface area contributed by atoms with Gasteiger partial charge in [0.15, 0.2) is 0 Å². The van der Waals surface area contributed by atoms with Crippen molar-refractivity contribution in [2.45, 2.75) is 174 Å². The van der Waals surface area contributed by atoms with Crippen LogP contribution in [0.3, 0.4) is 0 Å². The molecule has 1 atom stereocenters. The van der Waals surface area contributed by atoms with E-state index in [1.165, 1.54) is 113 Å². The lowest BCUT2D eigenvalue weighted by molar-refractivity contribution is -0.148. The van der Waals surface area contributed by atoms with E-state index in [0.717, 1.165) is 49.7 Å². The van der Waals surface area contributed by atoms with Gasteiger partial charge in [-0.15, -0.1) is 0 Å². The summed E-state index contributed by atoms with van der Waals surface area (Å²) in [5, 5.41) is 11.2. The van der Waals surface area contributed by atoms with Gasteiger partial charge in [-0.1, -0.05) is 182 Å². The Morgan fingerprint density at radius 1 is 0.571 bits per heavy atom. The molecule has 0 saturated carbocycles. The Bertz CT molecular complexity index is 1190. The van der Waals surface area contributed by atoms with Gasteiger partial charge in [-0.2, -0.15) is 0 Å². The molecule has 0 heterocycles. The minimum atomic E-state index is -0.0519. The predicted octanol–water partition coefficient (Wildman–Crippen LogP) is 13.3. The minimum Gasteiger partial charge on any atom is -0.507 e. The van der Waals surface area contributed by atoms with Crippen LogP contribution in [0, 0.1) is 0 Å². The van der Waals surface area contributed by atoms with Crippen molar-refractivity contribution in [1.29, 1.82) is 0 Å². The molecule has 0 bridgehead atoms. The van der Waals surface area contributed by atoms with Crippen molar-refractivity contribution < 1.29 is 14.6 Å². The average molecular weight is 669 g/mol. The zero-order valence-corrected chi connectivity index (χ0v) is 31.2. The lowest BCUT2D eigenvalue weighted by atomic mass is 9.93. The molecular weight excluding hydrogens is 601 g/mol. The van der Waals surface area contributed by atoms with Crippen LogP contribution in [0.1, 0.15) is 177 Å². The molecule has 0 spiro atoms. The molecule has 1 N–H and O–H groups in total. The zero-order chi connectivity index (χ0) is 34.8. The van der Waals surface area contributed by atoms with Gasteiger partial charge in [-0.25, -0.2) is 0 Å². The fraction of sp³-hybridized carbons (Fsp3) is 0.587. The van der Waals surface area contributed by atoms with Gasteiger partial charge in [-0.3, -0.25) is 4.79 Å². The number of phenols is 1. The number of carbonyl (C=O) groups is 1. The van der Waals surface area contributed by atoms with E-state index in [1.54, 1.807) is 0 Å². The third-order valence-corrected chi connectivity index (χ3v) is 9.95. The Balaban J connectivity index is 1.24. The highest BCUT2D eigenvalue weighted by molar-refractivity contribution is 5.69. The van der Waals surface area contributed by atoms with E-state index in [-0.39, 0.29) is 12.1 Å². The molecule has 49 heavy (non-hydrogen) atoms. The largest absolute Gasteiger partial charge is 0.507 e. The fourth-order valence-corrected chi connectivity index (χ4v) is 6.97. The minimum absolute atomic E-state index is 0.0159. The van der Waals surface area contributed by atoms with Crippen LogP contribution in [0.15, 0.2) is 72.8 Å². The van der Waals surface area contributed by atoms with Gasteiger partial charge in [0.05, 0.1) is 6.10 Å². The topological polar surface area (TPSA) is 46.5 Å². The third-order valence-electron chi connectivity index (χ3n) is 9.95. The Morgan fingerprint density at radius 3 is 1.47 bits per heavy atom. The first kappa shape index (κ1) is 40.4. The van der Waals surface area contributed by atoms with Crippen LogP contribution in [0.4, 0.5) is 0 Å². The van der Waals surface area contributed by atoms with E-state index < -0.39 is 0 Å². The average Bonchev–Trinajstić information content (AvgIpc) is 3.10. The highest BCUT2D eigenvalue weighted by Gasteiger charge is 2.13. The monoisotopic (exact) mass is 669 g/mol. The number of carbonyl (C=O) groups excluding carboxylic acids is 1. The smallest absolute Gasteiger partial charge is 0.306 e. The van der Waals surface area contributed by atoms with Crippen LogP contribution in [-0.2, 0) is 28.8 Å². The van der Waals surface area contributed by atoms with Crippen molar-refractivity contribution in [3.05, 3.63) is 101 Å². The van der Waals surface area contributed by atoms with E-state index in [0.29, 0.717) is 25.0 Å². The molecule has 3 nitrogen and oxygen atoms in total. The van der Waals surface area contributed by atoms with Gasteiger partial charge < -0.3 is 9.84 Å². The maximum absolute atomic E-state index is 12.5. The first-order valence-corrected chi connectivity index (χ1v) is 20.2. The van der Waals surface area contributed by atoms with Gasteiger partial charge in [0.1, 0.15) is 5.75 Å². The van der Waals surface area contributed by atoms with E-state index in [4.69, 9.17) is 4.74 Å². The second-order valence-corrected chi connectivity index (χ2v) is 14.5. The molecule has 0 radical (unpaired) electrons. The first-order valence-electron chi connectivity index (χ1n) is 20.2. The van der Waals surface area contributed by atoms with E-state index in [2.05, 4.69) is 67.6 Å². The summed E-state index contributed by atoms with van der Waals surface area (Å²) in [6.07, 6.45) is 28.7. The van der Waals surface area contributed by atoms with Gasteiger partial charge in [-0.05, 0) is 66.8 Å². The molecule has 3 aromatic rings. The summed E-state index contributed by atoms with van der Waals surface area (Å²) in [6, 6.07) is 25.1. The molecule has 1 unspecified atom stereocenters. The van der Waals surface area contributed by atoms with Crippen molar-refractivity contribution in [3.8, 4) is 5.75 Å². The number of aromatic hydroxyl groups is 1. The third kappa shape index (κ3) is 18.5. The lowest BCUT2D eigenvalue weighted by Crippen LogP contribution is -2.14. The SMILES string of the molecule is CCCCCCCCCCCCCCCCCCC(C)OC(=O)CCCCCc1cc(Cc2ccccc2)c(O)c(Cc2ccccc2)c1. The quantitative estimate of drug-likeness (QED) is 0.0619. The van der Waals surface area contributed by atoms with Gasteiger partial charge in [0.2, 0.25) is 0 Å². The number of rotatable bonds is 28. The van der Waals surface area contributed by atoms with Gasteiger partial charge in [0.25, 0.3) is 0 Å². The second kappa shape index (κ2) is 25.8. The van der Waals surface area contributed by atoms with Crippen molar-refractivity contribution in [2.24, 2.45) is 0 Å². The second-order valence-electron chi connectivity index (χ2n) is 14.5. The normalized spacial score (nSPS) is 11.9. The summed E-state index contributed by atoms with van der Waals surface area (Å²) in [6.45, 7) is 4.34. The molecule has 0 aromatic heterocycles. The fourth-order valence-electron chi connectivity index (χ4n) is 6.97. The zero-order valence-electron chi connectivity index (χ0n) is 31.2. The summed E-state index contributed by atoms with van der Waals surface area (Å²) in [4.78, 5) is 12.5. The number of unbranched alkanes of at least 4 members (excludes halogenated alkanes) is 17. The van der Waals surface area contributed by atoms with E-state index >= 15 is 0 Å². The number of esters is 1. The molecule has 0 fully saturated rings. The first-order chi connectivity index (χ1) is 24.0. The Morgan fingerprint density at radius 2 is 1.00 bits per heavy atom. The number of aryl methyl sites for hydroxylation is 1. The van der Waals surface area contributed by atoms with E-state index in [9.17, 15) is 9.90 Å². The Hall–Kier alpha value is -3.07. The highest BCUT2D eigenvalue weighted by Crippen LogP contribution is 2.30. The molecule has 270 valence electrons. The highest BCUT2D eigenvalue weighted by atomic mass is 16.5. The van der Waals surface area contributed by atoms with E-state index in [1.807, 2.05) is 19.1 Å². The van der Waals surface area contributed by atoms with Crippen molar-refractivity contribution >= 4 is 5.97 Å². The summed E-state index contributed by atoms with van der Waals surface area (Å²) in [5.74, 6) is 0.358. The van der Waals surface area contributed by atoms with Crippen LogP contribution < -0.4 is 0 Å². The number of benzene rings is 3. The predicted molar refractivity (Wildman–Crippen MR) is 208 cm³/mol. The maximum Gasteiger partial charge on any atom is 0.306 e. The Kier molecular flexibility index (Phi) is 21.3. The number of hydrogen-bond acceptors (Lipinski definition) is 3. The van der Waals surface area contributed by atoms with Crippen LogP contribution in [-0.4, -0.2) is 17.2 Å². The summed E-state index contributed by atoms with van der Waals surface area (Å²) < 4.78 is 5.73. The summed E-state index contributed by atoms with van der Waals surface area (Å²) in [7, 11) is 0. The number of hydrogen-bond donors (Lipinski definition) is 1. The molecule has 3 aromatic carbocycles. The van der Waals surface area contributed by atoms with Gasteiger partial charge >= 0.3 is 5.97 Å². The van der Waals surface area contributed by atoms with Gasteiger partial charge in [0, 0.05) is 19.3 Å². The molecule has 3 heteroatoms. The lowest BCUT2D eigenvalue weighted by Gasteiger charge is -2.14. The summed E-state index contributed by atoms with van der Waals surface area (Å²) >= 11 is 0. The van der Waals surface area contributed by atoms with Crippen molar-refractivity contribution in [2.75, 3.05) is 0 Å². The number of phenolic OH excluding ortho intramolecular Hbond substituents is 1. The molecule has 3 rings (SSSR count). The maximum atomic E-state index is 12.5. The van der Waals surface area contributed by atoms with Crippen LogP contribution in [0.2, 0.25) is 0 Å². The van der Waals surface area contributed by atoms with Crippen LogP contribution in [0.5, 0.6) is 5.75 Å². The van der Waals surface area contributed by atoms with Crippen LogP contribution in [0.25, 0.3) is 0 Å². The summed E-state index contributed by atoms with van der Waals surface area (Å²) in [5.41, 5.74) is 5.61. The van der Waals surface area contributed by atoms with Crippen LogP contribution >= 0.6 is 0 Å². The number of ether oxygens (including phenoxy) is 1. The molecule has 0 amide bonds. The van der Waals surface area contributed by atoms with Crippen molar-refractivity contribution in [3.63, 3.8) is 0 Å². The molecular formula is C46H68O3. The molecule has 0 aliphatic carbocycles. The van der Waals surface area contributed by atoms with Crippen molar-refractivity contribution in [1.82, 2.24) is 0 Å². The molecule has 0 aliphatic rings.